The van der Waals surface area contributed by atoms with Gasteiger partial charge in [-0.25, -0.2) is 0 Å². The number of amides is 1. The fourth-order valence-electron chi connectivity index (χ4n) is 1.63. The van der Waals surface area contributed by atoms with Crippen molar-refractivity contribution in [1.29, 1.82) is 0 Å². The van der Waals surface area contributed by atoms with E-state index in [2.05, 4.69) is 10.4 Å². The van der Waals surface area contributed by atoms with Crippen molar-refractivity contribution in [3.05, 3.63) is 22.5 Å². The highest BCUT2D eigenvalue weighted by Crippen LogP contribution is 2.14. The summed E-state index contributed by atoms with van der Waals surface area (Å²) in [5, 5.41) is 26.0. The van der Waals surface area contributed by atoms with E-state index in [-0.39, 0.29) is 24.7 Å². The maximum absolute atomic E-state index is 11.8. The van der Waals surface area contributed by atoms with Crippen molar-refractivity contribution in [1.82, 2.24) is 15.1 Å². The quantitative estimate of drug-likeness (QED) is 0.552. The van der Waals surface area contributed by atoms with Crippen LogP contribution in [0.3, 0.4) is 0 Å². The molecule has 1 aromatic heterocycles. The molecule has 1 aromatic rings. The van der Waals surface area contributed by atoms with Crippen molar-refractivity contribution >= 4 is 11.6 Å². The molecular formula is C11H18N4O4. The molecule has 0 fully saturated rings. The highest BCUT2D eigenvalue weighted by Gasteiger charge is 2.24. The molecule has 0 spiro atoms. The molecule has 0 aromatic carbocycles. The van der Waals surface area contributed by atoms with Crippen LogP contribution in [-0.2, 0) is 11.3 Å². The van der Waals surface area contributed by atoms with Gasteiger partial charge in [0.15, 0.2) is 0 Å². The summed E-state index contributed by atoms with van der Waals surface area (Å²) in [5.41, 5.74) is -0.633. The standard InChI is InChI=1S/C11H18N4O4/c1-3-11(2,4-5-16)13-10(17)8-14-7-9(6-12-14)15(18)19/h6-7,16H,3-5,8H2,1-2H3,(H,13,17). The van der Waals surface area contributed by atoms with Gasteiger partial charge in [-0.15, -0.1) is 0 Å². The predicted octanol–water partition coefficient (Wildman–Crippen LogP) is 0.459. The molecule has 1 rings (SSSR count). The summed E-state index contributed by atoms with van der Waals surface area (Å²) >= 11 is 0. The van der Waals surface area contributed by atoms with Gasteiger partial charge in [0.25, 0.3) is 0 Å². The van der Waals surface area contributed by atoms with E-state index in [1.807, 2.05) is 13.8 Å². The molecule has 19 heavy (non-hydrogen) atoms. The number of aromatic nitrogens is 2. The normalized spacial score (nSPS) is 13.8. The molecule has 0 bridgehead atoms. The second-order valence-corrected chi connectivity index (χ2v) is 4.59. The highest BCUT2D eigenvalue weighted by atomic mass is 16.6. The zero-order chi connectivity index (χ0) is 14.5. The van der Waals surface area contributed by atoms with Crippen molar-refractivity contribution in [2.24, 2.45) is 0 Å². The van der Waals surface area contributed by atoms with Crippen LogP contribution in [0.4, 0.5) is 5.69 Å². The van der Waals surface area contributed by atoms with Gasteiger partial charge in [-0.05, 0) is 19.8 Å². The molecule has 0 radical (unpaired) electrons. The summed E-state index contributed by atoms with van der Waals surface area (Å²) in [7, 11) is 0. The molecule has 0 aliphatic carbocycles. The van der Waals surface area contributed by atoms with Crippen molar-refractivity contribution in [2.75, 3.05) is 6.61 Å². The largest absolute Gasteiger partial charge is 0.396 e. The lowest BCUT2D eigenvalue weighted by atomic mass is 9.95. The molecule has 1 atom stereocenters. The Morgan fingerprint density at radius 2 is 2.37 bits per heavy atom. The number of nitro groups is 1. The van der Waals surface area contributed by atoms with Crippen molar-refractivity contribution in [2.45, 2.75) is 38.8 Å². The van der Waals surface area contributed by atoms with Crippen LogP contribution in [0.2, 0.25) is 0 Å². The third kappa shape index (κ3) is 4.32. The van der Waals surface area contributed by atoms with Crippen LogP contribution in [0, 0.1) is 10.1 Å². The maximum atomic E-state index is 11.8. The zero-order valence-electron chi connectivity index (χ0n) is 11.0. The van der Waals surface area contributed by atoms with Crippen LogP contribution in [0.1, 0.15) is 26.7 Å². The Bertz CT molecular complexity index is 459. The fourth-order valence-corrected chi connectivity index (χ4v) is 1.63. The van der Waals surface area contributed by atoms with Crippen LogP contribution in [0.15, 0.2) is 12.4 Å². The Kier molecular flexibility index (Phi) is 4.99. The zero-order valence-corrected chi connectivity index (χ0v) is 11.0. The number of carbonyl (C=O) groups excluding carboxylic acids is 1. The minimum atomic E-state index is -0.566. The van der Waals surface area contributed by atoms with Crippen molar-refractivity contribution in [3.63, 3.8) is 0 Å². The third-order valence-electron chi connectivity index (χ3n) is 3.02. The molecule has 1 unspecified atom stereocenters. The van der Waals surface area contributed by atoms with Crippen LogP contribution in [0.5, 0.6) is 0 Å². The van der Waals surface area contributed by atoms with E-state index < -0.39 is 10.5 Å². The second kappa shape index (κ2) is 6.28. The third-order valence-corrected chi connectivity index (χ3v) is 3.02. The number of rotatable bonds is 7. The number of carbonyl (C=O) groups is 1. The number of nitrogens with one attached hydrogen (secondary N) is 1. The predicted molar refractivity (Wildman–Crippen MR) is 67.4 cm³/mol. The summed E-state index contributed by atoms with van der Waals surface area (Å²) in [5.74, 6) is -0.296. The van der Waals surface area contributed by atoms with Gasteiger partial charge in [-0.3, -0.25) is 19.6 Å². The Hall–Kier alpha value is -1.96. The number of hydrogen-bond acceptors (Lipinski definition) is 5. The van der Waals surface area contributed by atoms with Crippen LogP contribution < -0.4 is 5.32 Å². The van der Waals surface area contributed by atoms with E-state index in [9.17, 15) is 14.9 Å². The van der Waals surface area contributed by atoms with Gasteiger partial charge >= 0.3 is 5.69 Å². The topological polar surface area (TPSA) is 110 Å². The summed E-state index contributed by atoms with van der Waals surface area (Å²) < 4.78 is 1.21. The van der Waals surface area contributed by atoms with E-state index in [4.69, 9.17) is 5.11 Å². The first-order valence-corrected chi connectivity index (χ1v) is 5.99. The molecule has 0 saturated carbocycles. The Labute approximate surface area is 110 Å². The minimum absolute atomic E-state index is 0.0160. The Morgan fingerprint density at radius 3 is 2.84 bits per heavy atom. The second-order valence-electron chi connectivity index (χ2n) is 4.59. The lowest BCUT2D eigenvalue weighted by Crippen LogP contribution is -2.47. The van der Waals surface area contributed by atoms with Gasteiger partial charge in [0.05, 0.1) is 4.92 Å². The number of nitrogens with zero attached hydrogens (tertiary/aromatic N) is 3. The van der Waals surface area contributed by atoms with Gasteiger partial charge in [-0.1, -0.05) is 6.92 Å². The molecule has 2 N–H and O–H groups in total. The molecule has 0 saturated heterocycles. The number of aliphatic hydroxyl groups is 1. The average molecular weight is 270 g/mol. The molecule has 8 heteroatoms. The minimum Gasteiger partial charge on any atom is -0.396 e. The Morgan fingerprint density at radius 1 is 1.68 bits per heavy atom. The average Bonchev–Trinajstić information content (AvgIpc) is 2.77. The van der Waals surface area contributed by atoms with Gasteiger partial charge in [0, 0.05) is 12.1 Å². The first kappa shape index (κ1) is 15.1. The van der Waals surface area contributed by atoms with Gasteiger partial charge in [0.1, 0.15) is 18.9 Å². The van der Waals surface area contributed by atoms with E-state index >= 15 is 0 Å². The number of hydrogen-bond donors (Lipinski definition) is 2. The van der Waals surface area contributed by atoms with Crippen molar-refractivity contribution in [3.8, 4) is 0 Å². The fraction of sp³-hybridized carbons (Fsp3) is 0.636. The summed E-state index contributed by atoms with van der Waals surface area (Å²) in [6.45, 7) is 3.65. The van der Waals surface area contributed by atoms with Crippen LogP contribution in [0.25, 0.3) is 0 Å². The van der Waals surface area contributed by atoms with E-state index in [0.717, 1.165) is 6.20 Å². The summed E-state index contributed by atoms with van der Waals surface area (Å²) in [4.78, 5) is 21.7. The highest BCUT2D eigenvalue weighted by molar-refractivity contribution is 5.76. The summed E-state index contributed by atoms with van der Waals surface area (Å²) in [6.07, 6.45) is 3.43. The molecule has 0 aliphatic heterocycles. The smallest absolute Gasteiger partial charge is 0.307 e. The molecule has 1 amide bonds. The van der Waals surface area contributed by atoms with Crippen molar-refractivity contribution < 1.29 is 14.8 Å². The lowest BCUT2D eigenvalue weighted by Gasteiger charge is -2.28. The first-order valence-electron chi connectivity index (χ1n) is 5.99. The molecule has 1 heterocycles. The Balaban J connectivity index is 2.61. The SMILES string of the molecule is CCC(C)(CCO)NC(=O)Cn1cc([N+](=O)[O-])cn1. The molecule has 8 nitrogen and oxygen atoms in total. The van der Waals surface area contributed by atoms with E-state index in [1.165, 1.54) is 10.9 Å². The lowest BCUT2D eigenvalue weighted by molar-refractivity contribution is -0.385. The number of aliphatic hydroxyl groups excluding tert-OH is 1. The molecule has 0 aliphatic rings. The van der Waals surface area contributed by atoms with E-state index in [0.29, 0.717) is 12.8 Å². The van der Waals surface area contributed by atoms with Gasteiger partial charge in [0.2, 0.25) is 5.91 Å². The summed E-state index contributed by atoms with van der Waals surface area (Å²) in [6, 6.07) is 0. The van der Waals surface area contributed by atoms with Gasteiger partial charge < -0.3 is 10.4 Å². The molecule has 106 valence electrons. The van der Waals surface area contributed by atoms with E-state index in [1.54, 1.807) is 0 Å². The first-order chi connectivity index (χ1) is 8.90. The van der Waals surface area contributed by atoms with Crippen LogP contribution >= 0.6 is 0 Å². The molecular weight excluding hydrogens is 252 g/mol. The van der Waals surface area contributed by atoms with Gasteiger partial charge in [-0.2, -0.15) is 5.10 Å². The monoisotopic (exact) mass is 270 g/mol. The maximum Gasteiger partial charge on any atom is 0.307 e. The van der Waals surface area contributed by atoms with Crippen LogP contribution in [-0.4, -0.2) is 37.9 Å².